The van der Waals surface area contributed by atoms with E-state index in [1.165, 1.54) is 16.9 Å². The summed E-state index contributed by atoms with van der Waals surface area (Å²) in [5.74, 6) is -0.785. The van der Waals surface area contributed by atoms with Gasteiger partial charge in [-0.3, -0.25) is 9.59 Å². The molecule has 154 valence electrons. The zero-order valence-electron chi connectivity index (χ0n) is 16.6. The van der Waals surface area contributed by atoms with Gasteiger partial charge in [-0.05, 0) is 36.5 Å². The molecule has 2 heterocycles. The molecule has 0 saturated carbocycles. The zero-order valence-corrected chi connectivity index (χ0v) is 17.4. The van der Waals surface area contributed by atoms with Gasteiger partial charge in [0.15, 0.2) is 0 Å². The summed E-state index contributed by atoms with van der Waals surface area (Å²) in [6.45, 7) is 4.93. The van der Waals surface area contributed by atoms with Gasteiger partial charge in [0.05, 0.1) is 25.1 Å². The van der Waals surface area contributed by atoms with Gasteiger partial charge in [0, 0.05) is 11.4 Å². The normalized spacial score (nSPS) is 13.0. The van der Waals surface area contributed by atoms with E-state index >= 15 is 0 Å². The summed E-state index contributed by atoms with van der Waals surface area (Å²) in [4.78, 5) is 39.0. The van der Waals surface area contributed by atoms with E-state index in [2.05, 4.69) is 12.2 Å². The van der Waals surface area contributed by atoms with E-state index in [0.717, 1.165) is 22.4 Å². The highest BCUT2D eigenvalue weighted by atomic mass is 32.1. The molecule has 0 fully saturated rings. The van der Waals surface area contributed by atoms with Gasteiger partial charge in [-0.1, -0.05) is 31.2 Å². The van der Waals surface area contributed by atoms with Crippen molar-refractivity contribution in [3.05, 3.63) is 51.4 Å². The van der Waals surface area contributed by atoms with Crippen LogP contribution in [0.3, 0.4) is 0 Å². The first-order valence-corrected chi connectivity index (χ1v) is 10.5. The zero-order chi connectivity index (χ0) is 21.0. The van der Waals surface area contributed by atoms with E-state index in [-0.39, 0.29) is 18.4 Å². The topological polar surface area (TPSA) is 102 Å². The Labute approximate surface area is 173 Å². The molecule has 0 aliphatic carbocycles. The number of aryl methyl sites for hydroxylation is 1. The number of amides is 3. The lowest BCUT2D eigenvalue weighted by atomic mass is 10.0. The lowest BCUT2D eigenvalue weighted by Crippen LogP contribution is -2.36. The lowest BCUT2D eigenvalue weighted by Gasteiger charge is -2.26. The summed E-state index contributed by atoms with van der Waals surface area (Å²) in [5, 5.41) is 3.29. The van der Waals surface area contributed by atoms with Crippen LogP contribution in [0.5, 0.6) is 0 Å². The molecule has 1 aliphatic rings. The number of hydrogen-bond donors (Lipinski definition) is 2. The van der Waals surface area contributed by atoms with Crippen molar-refractivity contribution in [1.29, 1.82) is 0 Å². The van der Waals surface area contributed by atoms with Gasteiger partial charge < -0.3 is 20.7 Å². The maximum Gasteiger partial charge on any atom is 0.410 e. The minimum atomic E-state index is -0.574. The monoisotopic (exact) mass is 415 g/mol. The van der Waals surface area contributed by atoms with Gasteiger partial charge in [0.25, 0.3) is 5.91 Å². The molecule has 0 atom stereocenters. The highest BCUT2D eigenvalue weighted by Gasteiger charge is 2.30. The Morgan fingerprint density at radius 3 is 2.48 bits per heavy atom. The van der Waals surface area contributed by atoms with Crippen LogP contribution in [-0.2, 0) is 35.3 Å². The number of primary amides is 1. The van der Waals surface area contributed by atoms with E-state index < -0.39 is 5.91 Å². The minimum Gasteiger partial charge on any atom is -0.450 e. The van der Waals surface area contributed by atoms with Crippen LogP contribution in [-0.4, -0.2) is 36.0 Å². The van der Waals surface area contributed by atoms with E-state index in [1.807, 2.05) is 24.3 Å². The summed E-state index contributed by atoms with van der Waals surface area (Å²) in [6, 6.07) is 7.88. The molecule has 0 radical (unpaired) electrons. The number of nitrogens with one attached hydrogen (secondary N) is 1. The van der Waals surface area contributed by atoms with Gasteiger partial charge in [0.1, 0.15) is 5.00 Å². The molecule has 1 aromatic heterocycles. The Hall–Kier alpha value is -2.87. The van der Waals surface area contributed by atoms with Crippen LogP contribution in [0.1, 0.15) is 45.8 Å². The smallest absolute Gasteiger partial charge is 0.410 e. The number of hydrogen-bond acceptors (Lipinski definition) is 5. The largest absolute Gasteiger partial charge is 0.450 e. The summed E-state index contributed by atoms with van der Waals surface area (Å²) in [7, 11) is 0. The number of fused-ring (bicyclic) bond motifs is 1. The second kappa shape index (κ2) is 9.09. The molecule has 1 aromatic carbocycles. The SMILES string of the molecule is CCOC(=O)N1CCc2c(sc(NC(=O)Cc3ccc(CC)cc3)c2C(N)=O)C1. The minimum absolute atomic E-state index is 0.208. The molecule has 0 saturated heterocycles. The van der Waals surface area contributed by atoms with Crippen LogP contribution < -0.4 is 11.1 Å². The molecule has 0 bridgehead atoms. The highest BCUT2D eigenvalue weighted by Crippen LogP contribution is 2.37. The molecule has 7 nitrogen and oxygen atoms in total. The number of anilines is 1. The summed E-state index contributed by atoms with van der Waals surface area (Å²) in [6.07, 6.45) is 1.27. The molecule has 8 heteroatoms. The number of carbonyl (C=O) groups is 3. The molecule has 3 amide bonds. The second-order valence-electron chi connectivity index (χ2n) is 6.84. The fraction of sp³-hybridized carbons (Fsp3) is 0.381. The fourth-order valence-corrected chi connectivity index (χ4v) is 4.66. The summed E-state index contributed by atoms with van der Waals surface area (Å²) < 4.78 is 5.06. The summed E-state index contributed by atoms with van der Waals surface area (Å²) >= 11 is 1.29. The van der Waals surface area contributed by atoms with Crippen molar-refractivity contribution in [2.75, 3.05) is 18.5 Å². The third kappa shape index (κ3) is 4.76. The molecular formula is C21H25N3O4S. The number of thiophene rings is 1. The first-order chi connectivity index (χ1) is 13.9. The Morgan fingerprint density at radius 2 is 1.86 bits per heavy atom. The van der Waals surface area contributed by atoms with Crippen molar-refractivity contribution in [3.63, 3.8) is 0 Å². The standard InChI is InChI=1S/C21H25N3O4S/c1-3-13-5-7-14(8-6-13)11-17(25)23-20-18(19(22)26)15-9-10-24(12-16(15)29-20)21(27)28-4-2/h5-8H,3-4,9-12H2,1-2H3,(H2,22,26)(H,23,25). The number of rotatable bonds is 6. The predicted molar refractivity (Wildman–Crippen MR) is 112 cm³/mol. The molecule has 1 aliphatic heterocycles. The van der Waals surface area contributed by atoms with Crippen molar-refractivity contribution < 1.29 is 19.1 Å². The van der Waals surface area contributed by atoms with Crippen LogP contribution in [0.4, 0.5) is 9.80 Å². The molecular weight excluding hydrogens is 390 g/mol. The van der Waals surface area contributed by atoms with Crippen molar-refractivity contribution in [2.24, 2.45) is 5.73 Å². The molecule has 2 aromatic rings. The Bertz CT molecular complexity index is 921. The summed E-state index contributed by atoms with van der Waals surface area (Å²) in [5.41, 5.74) is 8.87. The third-order valence-corrected chi connectivity index (χ3v) is 6.01. The van der Waals surface area contributed by atoms with E-state index in [1.54, 1.807) is 11.8 Å². The number of ether oxygens (including phenoxy) is 1. The van der Waals surface area contributed by atoms with Crippen molar-refractivity contribution >= 4 is 34.2 Å². The van der Waals surface area contributed by atoms with Gasteiger partial charge in [0.2, 0.25) is 5.91 Å². The van der Waals surface area contributed by atoms with Gasteiger partial charge >= 0.3 is 6.09 Å². The molecule has 3 rings (SSSR count). The van der Waals surface area contributed by atoms with E-state index in [9.17, 15) is 14.4 Å². The first-order valence-electron chi connectivity index (χ1n) is 9.66. The lowest BCUT2D eigenvalue weighted by molar-refractivity contribution is -0.115. The van der Waals surface area contributed by atoms with Crippen LogP contribution >= 0.6 is 11.3 Å². The Balaban J connectivity index is 1.76. The third-order valence-electron chi connectivity index (χ3n) is 4.88. The van der Waals surface area contributed by atoms with Gasteiger partial charge in [-0.25, -0.2) is 4.79 Å². The van der Waals surface area contributed by atoms with Crippen molar-refractivity contribution in [3.8, 4) is 0 Å². The molecule has 0 spiro atoms. The number of benzene rings is 1. The van der Waals surface area contributed by atoms with Gasteiger partial charge in [-0.15, -0.1) is 11.3 Å². The average molecular weight is 416 g/mol. The Morgan fingerprint density at radius 1 is 1.17 bits per heavy atom. The van der Waals surface area contributed by atoms with Crippen LogP contribution in [0.2, 0.25) is 0 Å². The molecule has 3 N–H and O–H groups in total. The first kappa shape index (κ1) is 20.9. The van der Waals surface area contributed by atoms with Crippen LogP contribution in [0, 0.1) is 0 Å². The predicted octanol–water partition coefficient (Wildman–Crippen LogP) is 3.11. The number of carbonyl (C=O) groups excluding carboxylic acids is 3. The quantitative estimate of drug-likeness (QED) is 0.757. The molecule has 0 unspecified atom stereocenters. The number of nitrogens with zero attached hydrogens (tertiary/aromatic N) is 1. The number of nitrogens with two attached hydrogens (primary N) is 1. The van der Waals surface area contributed by atoms with E-state index in [4.69, 9.17) is 10.5 Å². The fourth-order valence-electron chi connectivity index (χ4n) is 3.37. The van der Waals surface area contributed by atoms with Crippen LogP contribution in [0.15, 0.2) is 24.3 Å². The maximum absolute atomic E-state index is 12.5. The maximum atomic E-state index is 12.5. The Kier molecular flexibility index (Phi) is 6.53. The average Bonchev–Trinajstić information content (AvgIpc) is 3.05. The van der Waals surface area contributed by atoms with Crippen LogP contribution in [0.25, 0.3) is 0 Å². The van der Waals surface area contributed by atoms with Crippen molar-refractivity contribution in [2.45, 2.75) is 39.7 Å². The van der Waals surface area contributed by atoms with Gasteiger partial charge in [-0.2, -0.15) is 0 Å². The van der Waals surface area contributed by atoms with E-state index in [0.29, 0.717) is 36.7 Å². The molecule has 29 heavy (non-hydrogen) atoms. The second-order valence-corrected chi connectivity index (χ2v) is 7.94. The van der Waals surface area contributed by atoms with Crippen molar-refractivity contribution in [1.82, 2.24) is 4.90 Å². The highest BCUT2D eigenvalue weighted by molar-refractivity contribution is 7.17.